The third-order valence-corrected chi connectivity index (χ3v) is 5.74. The summed E-state index contributed by atoms with van der Waals surface area (Å²) in [6, 6.07) is 7.89. The molecule has 2 heterocycles. The average Bonchev–Trinajstić information content (AvgIpc) is 3.11. The van der Waals surface area contributed by atoms with Crippen LogP contribution in [0.25, 0.3) is 0 Å². The van der Waals surface area contributed by atoms with E-state index in [1.54, 1.807) is 0 Å². The summed E-state index contributed by atoms with van der Waals surface area (Å²) in [5.41, 5.74) is 2.00. The van der Waals surface area contributed by atoms with E-state index >= 15 is 0 Å². The topological polar surface area (TPSA) is 66.8 Å². The fourth-order valence-electron chi connectivity index (χ4n) is 4.07. The largest absolute Gasteiger partial charge is 0.481 e. The first kappa shape index (κ1) is 18.9. The van der Waals surface area contributed by atoms with Gasteiger partial charge in [0.1, 0.15) is 0 Å². The van der Waals surface area contributed by atoms with E-state index in [4.69, 9.17) is 4.74 Å². The van der Waals surface area contributed by atoms with Gasteiger partial charge in [0.05, 0.1) is 12.0 Å². The number of ether oxygens (including phenoxy) is 1. The van der Waals surface area contributed by atoms with Crippen LogP contribution in [0.15, 0.2) is 24.3 Å². The lowest BCUT2D eigenvalue weighted by Crippen LogP contribution is -2.43. The number of benzene rings is 1. The van der Waals surface area contributed by atoms with Gasteiger partial charge in [-0.3, -0.25) is 9.59 Å². The van der Waals surface area contributed by atoms with Gasteiger partial charge in [-0.2, -0.15) is 0 Å². The first-order valence-electron chi connectivity index (χ1n) is 9.51. The summed E-state index contributed by atoms with van der Waals surface area (Å²) in [7, 11) is 0. The molecule has 1 N–H and O–H groups in total. The molecule has 3 rings (SSSR count). The minimum atomic E-state index is -0.759. The van der Waals surface area contributed by atoms with Crippen LogP contribution in [0, 0.1) is 11.8 Å². The Bertz CT molecular complexity index is 654. The van der Waals surface area contributed by atoms with E-state index in [0.29, 0.717) is 26.1 Å². The molecule has 26 heavy (non-hydrogen) atoms. The van der Waals surface area contributed by atoms with Gasteiger partial charge in [-0.25, -0.2) is 0 Å². The lowest BCUT2D eigenvalue weighted by molar-refractivity contribution is -0.145. The molecule has 0 aromatic heterocycles. The Morgan fingerprint density at radius 2 is 1.69 bits per heavy atom. The van der Waals surface area contributed by atoms with Gasteiger partial charge in [-0.05, 0) is 48.3 Å². The number of likely N-dealkylation sites (tertiary alicyclic amines) is 1. The summed E-state index contributed by atoms with van der Waals surface area (Å²) >= 11 is 0. The smallest absolute Gasteiger partial charge is 0.309 e. The van der Waals surface area contributed by atoms with Gasteiger partial charge in [0.25, 0.3) is 5.91 Å². The highest BCUT2D eigenvalue weighted by Gasteiger charge is 2.40. The van der Waals surface area contributed by atoms with Gasteiger partial charge in [0.2, 0.25) is 0 Å². The van der Waals surface area contributed by atoms with E-state index in [-0.39, 0.29) is 23.3 Å². The second kappa shape index (κ2) is 7.39. The molecule has 142 valence electrons. The zero-order valence-corrected chi connectivity index (χ0v) is 15.9. The number of carboxylic acid groups (broad SMARTS) is 1. The molecule has 2 aliphatic heterocycles. The van der Waals surface area contributed by atoms with Crippen LogP contribution in [0.3, 0.4) is 0 Å². The van der Waals surface area contributed by atoms with E-state index < -0.39 is 11.9 Å². The molecule has 5 heteroatoms. The molecule has 0 spiro atoms. The second-order valence-electron chi connectivity index (χ2n) is 8.53. The Morgan fingerprint density at radius 3 is 2.23 bits per heavy atom. The van der Waals surface area contributed by atoms with Crippen molar-refractivity contribution in [1.29, 1.82) is 0 Å². The lowest BCUT2D eigenvalue weighted by atomic mass is 9.84. The van der Waals surface area contributed by atoms with E-state index in [0.717, 1.165) is 18.4 Å². The number of piperidine rings is 1. The average molecular weight is 359 g/mol. The number of hydrogen-bond donors (Lipinski definition) is 1. The van der Waals surface area contributed by atoms with E-state index in [1.165, 1.54) is 5.56 Å². The van der Waals surface area contributed by atoms with Gasteiger partial charge in [-0.1, -0.05) is 32.9 Å². The Hall–Kier alpha value is -1.88. The van der Waals surface area contributed by atoms with Crippen LogP contribution < -0.4 is 0 Å². The van der Waals surface area contributed by atoms with E-state index in [2.05, 4.69) is 20.8 Å². The van der Waals surface area contributed by atoms with Crippen LogP contribution in [0.5, 0.6) is 0 Å². The third-order valence-electron chi connectivity index (χ3n) is 5.74. The van der Waals surface area contributed by atoms with Crippen LogP contribution in [0.1, 0.15) is 56.0 Å². The molecule has 1 aromatic carbocycles. The predicted molar refractivity (Wildman–Crippen MR) is 99.3 cm³/mol. The van der Waals surface area contributed by atoms with E-state index in [1.807, 2.05) is 29.2 Å². The summed E-state index contributed by atoms with van der Waals surface area (Å²) in [5, 5.41) is 9.34. The fraction of sp³-hybridized carbons (Fsp3) is 0.619. The van der Waals surface area contributed by atoms with Crippen molar-refractivity contribution in [1.82, 2.24) is 4.90 Å². The zero-order valence-electron chi connectivity index (χ0n) is 15.9. The maximum atomic E-state index is 12.8. The lowest BCUT2D eigenvalue weighted by Gasteiger charge is -2.35. The number of amides is 1. The van der Waals surface area contributed by atoms with Crippen LogP contribution in [0.4, 0.5) is 0 Å². The van der Waals surface area contributed by atoms with Gasteiger partial charge >= 0.3 is 5.97 Å². The molecule has 0 aliphatic carbocycles. The number of rotatable bonds is 3. The summed E-state index contributed by atoms with van der Waals surface area (Å²) < 4.78 is 5.71. The Balaban J connectivity index is 1.59. The Labute approximate surface area is 155 Å². The molecule has 0 bridgehead atoms. The molecule has 1 unspecified atom stereocenters. The highest BCUT2D eigenvalue weighted by molar-refractivity contribution is 5.94. The molecule has 2 atom stereocenters. The molecule has 1 aromatic rings. The number of carboxylic acids is 1. The highest BCUT2D eigenvalue weighted by atomic mass is 16.5. The molecular formula is C21H29NO4. The summed E-state index contributed by atoms with van der Waals surface area (Å²) in [6.07, 6.45) is 2.01. The van der Waals surface area contributed by atoms with Gasteiger partial charge in [0.15, 0.2) is 0 Å². The molecular weight excluding hydrogens is 330 g/mol. The monoisotopic (exact) mass is 359 g/mol. The summed E-state index contributed by atoms with van der Waals surface area (Å²) in [4.78, 5) is 26.0. The van der Waals surface area contributed by atoms with Crippen molar-refractivity contribution >= 4 is 11.9 Å². The number of hydrogen-bond acceptors (Lipinski definition) is 3. The molecule has 2 saturated heterocycles. The summed E-state index contributed by atoms with van der Waals surface area (Å²) in [6.45, 7) is 8.33. The highest BCUT2D eigenvalue weighted by Crippen LogP contribution is 2.33. The SMILES string of the molecule is CC(C)(C)c1ccc(C(=O)N2CCC([C@@H]3OCCC3C(=O)O)CC2)cc1. The minimum absolute atomic E-state index is 0.0611. The molecule has 1 amide bonds. The van der Waals surface area contributed by atoms with Crippen LogP contribution in [-0.2, 0) is 14.9 Å². The maximum absolute atomic E-state index is 12.8. The first-order valence-corrected chi connectivity index (χ1v) is 9.51. The van der Waals surface area contributed by atoms with E-state index in [9.17, 15) is 14.7 Å². The Morgan fingerprint density at radius 1 is 1.08 bits per heavy atom. The predicted octanol–water partition coefficient (Wildman–Crippen LogP) is 3.33. The number of nitrogens with zero attached hydrogens (tertiary/aromatic N) is 1. The van der Waals surface area contributed by atoms with Gasteiger partial charge < -0.3 is 14.7 Å². The van der Waals surface area contributed by atoms with Crippen LogP contribution in [-0.4, -0.2) is 47.7 Å². The fourth-order valence-corrected chi connectivity index (χ4v) is 4.07. The zero-order chi connectivity index (χ0) is 18.9. The molecule has 2 aliphatic rings. The van der Waals surface area contributed by atoms with Crippen molar-refractivity contribution in [3.05, 3.63) is 35.4 Å². The molecule has 5 nitrogen and oxygen atoms in total. The minimum Gasteiger partial charge on any atom is -0.481 e. The van der Waals surface area contributed by atoms with Crippen molar-refractivity contribution in [2.75, 3.05) is 19.7 Å². The number of carbonyl (C=O) groups is 2. The van der Waals surface area contributed by atoms with Crippen LogP contribution >= 0.6 is 0 Å². The third kappa shape index (κ3) is 3.93. The molecule has 2 fully saturated rings. The Kier molecular flexibility index (Phi) is 5.37. The number of aliphatic carboxylic acids is 1. The van der Waals surface area contributed by atoms with Crippen molar-refractivity contribution in [2.24, 2.45) is 11.8 Å². The van der Waals surface area contributed by atoms with Crippen molar-refractivity contribution < 1.29 is 19.4 Å². The standard InChI is InChI=1S/C21H29NO4/c1-21(2,3)16-6-4-15(5-7-16)19(23)22-11-8-14(9-12-22)18-17(20(24)25)10-13-26-18/h4-7,14,17-18H,8-13H2,1-3H3,(H,24,25)/t17?,18-/m0/s1. The normalized spacial score (nSPS) is 24.7. The van der Waals surface area contributed by atoms with Crippen molar-refractivity contribution in [2.45, 2.75) is 51.6 Å². The van der Waals surface area contributed by atoms with Crippen LogP contribution in [0.2, 0.25) is 0 Å². The first-order chi connectivity index (χ1) is 12.3. The molecule has 0 saturated carbocycles. The summed E-state index contributed by atoms with van der Waals surface area (Å²) in [5.74, 6) is -0.867. The van der Waals surface area contributed by atoms with Gasteiger partial charge in [0, 0.05) is 25.3 Å². The van der Waals surface area contributed by atoms with Gasteiger partial charge in [-0.15, -0.1) is 0 Å². The van der Waals surface area contributed by atoms with Crippen molar-refractivity contribution in [3.8, 4) is 0 Å². The van der Waals surface area contributed by atoms with Crippen molar-refractivity contribution in [3.63, 3.8) is 0 Å². The second-order valence-corrected chi connectivity index (χ2v) is 8.53. The number of carbonyl (C=O) groups excluding carboxylic acids is 1. The maximum Gasteiger partial charge on any atom is 0.309 e. The molecule has 0 radical (unpaired) electrons. The quantitative estimate of drug-likeness (QED) is 0.899.